The van der Waals surface area contributed by atoms with Crippen LogP contribution >= 0.6 is 0 Å². The SMILES string of the molecule is CCCCCn1n[n+](CCCCC)c2c1C(=O)c1ccccc1C2=O.[Cl-]. The molecule has 26 heavy (non-hydrogen) atoms. The van der Waals surface area contributed by atoms with E-state index in [0.29, 0.717) is 35.6 Å². The number of ketones is 2. The van der Waals surface area contributed by atoms with Gasteiger partial charge in [-0.25, -0.2) is 0 Å². The Morgan fingerprint density at radius 3 is 2.19 bits per heavy atom. The summed E-state index contributed by atoms with van der Waals surface area (Å²) < 4.78 is 3.51. The van der Waals surface area contributed by atoms with Gasteiger partial charge in [-0.1, -0.05) is 51.0 Å². The van der Waals surface area contributed by atoms with Gasteiger partial charge in [0.1, 0.15) is 13.1 Å². The van der Waals surface area contributed by atoms with Crippen LogP contribution in [0.5, 0.6) is 0 Å². The second-order valence-electron chi connectivity index (χ2n) is 6.65. The summed E-state index contributed by atoms with van der Waals surface area (Å²) in [6, 6.07) is 7.09. The van der Waals surface area contributed by atoms with Crippen molar-refractivity contribution in [2.75, 3.05) is 0 Å². The van der Waals surface area contributed by atoms with Gasteiger partial charge in [0, 0.05) is 11.1 Å². The molecule has 0 N–H and O–H groups in total. The smallest absolute Gasteiger partial charge is 0.249 e. The molecule has 2 aromatic rings. The molecule has 0 atom stereocenters. The number of hydrogen-bond donors (Lipinski definition) is 0. The molecule has 1 aliphatic rings. The summed E-state index contributed by atoms with van der Waals surface area (Å²) in [6.07, 6.45) is 6.31. The molecule has 0 spiro atoms. The molecule has 0 amide bonds. The van der Waals surface area contributed by atoms with E-state index in [2.05, 4.69) is 19.1 Å². The van der Waals surface area contributed by atoms with Crippen LogP contribution in [0.15, 0.2) is 24.3 Å². The van der Waals surface area contributed by atoms with Crippen molar-refractivity contribution in [2.45, 2.75) is 65.5 Å². The molecule has 1 aromatic heterocycles. The van der Waals surface area contributed by atoms with Crippen molar-refractivity contribution in [3.63, 3.8) is 0 Å². The number of hydrogen-bond acceptors (Lipinski definition) is 3. The van der Waals surface area contributed by atoms with Crippen LogP contribution in [0.4, 0.5) is 0 Å². The van der Waals surface area contributed by atoms with Crippen molar-refractivity contribution >= 4 is 11.6 Å². The topological polar surface area (TPSA) is 55.8 Å². The fraction of sp³-hybridized carbons (Fsp3) is 0.500. The molecule has 1 aromatic carbocycles. The number of rotatable bonds is 8. The van der Waals surface area contributed by atoms with Gasteiger partial charge in [0.25, 0.3) is 0 Å². The summed E-state index contributed by atoms with van der Waals surface area (Å²) in [4.78, 5) is 26.0. The van der Waals surface area contributed by atoms with Gasteiger partial charge in [-0.05, 0) is 25.7 Å². The highest BCUT2D eigenvalue weighted by molar-refractivity contribution is 6.26. The summed E-state index contributed by atoms with van der Waals surface area (Å²) in [5, 5.41) is 4.61. The molecule has 5 nitrogen and oxygen atoms in total. The summed E-state index contributed by atoms with van der Waals surface area (Å²) in [7, 11) is 0. The zero-order valence-electron chi connectivity index (χ0n) is 15.5. The Morgan fingerprint density at radius 1 is 0.923 bits per heavy atom. The fourth-order valence-corrected chi connectivity index (χ4v) is 3.38. The number of nitrogens with zero attached hydrogens (tertiary/aromatic N) is 3. The number of fused-ring (bicyclic) bond motifs is 2. The number of aromatic nitrogens is 3. The molecule has 140 valence electrons. The highest BCUT2D eigenvalue weighted by Crippen LogP contribution is 2.25. The van der Waals surface area contributed by atoms with Gasteiger partial charge < -0.3 is 12.4 Å². The third-order valence-corrected chi connectivity index (χ3v) is 4.75. The van der Waals surface area contributed by atoms with Gasteiger partial charge in [-0.15, -0.1) is 9.36 Å². The molecule has 1 aliphatic carbocycles. The number of carbonyl (C=O) groups is 2. The Kier molecular flexibility index (Phi) is 7.09. The average molecular weight is 376 g/mol. The van der Waals surface area contributed by atoms with E-state index in [9.17, 15) is 9.59 Å². The van der Waals surface area contributed by atoms with Gasteiger partial charge >= 0.3 is 0 Å². The predicted octanol–water partition coefficient (Wildman–Crippen LogP) is 0.330. The van der Waals surface area contributed by atoms with E-state index in [4.69, 9.17) is 0 Å². The van der Waals surface area contributed by atoms with Gasteiger partial charge in [-0.2, -0.15) is 0 Å². The van der Waals surface area contributed by atoms with Crippen LogP contribution in [-0.4, -0.2) is 21.5 Å². The van der Waals surface area contributed by atoms with E-state index in [1.54, 1.807) is 21.5 Å². The molecule has 0 radical (unpaired) electrons. The highest BCUT2D eigenvalue weighted by Gasteiger charge is 2.42. The number of unbranched alkanes of at least 4 members (excludes halogenated alkanes) is 4. The maximum absolute atomic E-state index is 13.0. The summed E-state index contributed by atoms with van der Waals surface area (Å²) in [6.45, 7) is 5.65. The average Bonchev–Trinajstić information content (AvgIpc) is 2.99. The van der Waals surface area contributed by atoms with E-state index in [1.165, 1.54) is 0 Å². The molecule has 0 unspecified atom stereocenters. The lowest BCUT2D eigenvalue weighted by Crippen LogP contribution is -3.00. The third-order valence-electron chi connectivity index (χ3n) is 4.75. The van der Waals surface area contributed by atoms with Crippen molar-refractivity contribution < 1.29 is 26.7 Å². The first-order valence-corrected chi connectivity index (χ1v) is 9.38. The lowest BCUT2D eigenvalue weighted by Gasteiger charge is -2.11. The molecule has 0 saturated heterocycles. The zero-order valence-corrected chi connectivity index (χ0v) is 16.3. The summed E-state index contributed by atoms with van der Waals surface area (Å²) in [5.41, 5.74) is 1.93. The number of carbonyl (C=O) groups excluding carboxylic acids is 2. The van der Waals surface area contributed by atoms with E-state index in [-0.39, 0.29) is 24.0 Å². The Morgan fingerprint density at radius 2 is 1.54 bits per heavy atom. The lowest BCUT2D eigenvalue weighted by molar-refractivity contribution is -0.757. The fourth-order valence-electron chi connectivity index (χ4n) is 3.38. The molecular formula is C20H26ClN3O2. The lowest BCUT2D eigenvalue weighted by atomic mass is 9.90. The molecule has 0 aliphatic heterocycles. The van der Waals surface area contributed by atoms with Crippen molar-refractivity contribution in [3.8, 4) is 0 Å². The normalized spacial score (nSPS) is 12.5. The van der Waals surface area contributed by atoms with Crippen LogP contribution in [0.2, 0.25) is 0 Å². The Balaban J connectivity index is 0.00000243. The number of halogens is 1. The summed E-state index contributed by atoms with van der Waals surface area (Å²) in [5.74, 6) is -0.160. The molecular weight excluding hydrogens is 350 g/mol. The van der Waals surface area contributed by atoms with Crippen LogP contribution in [-0.2, 0) is 13.1 Å². The molecule has 6 heteroatoms. The minimum Gasteiger partial charge on any atom is -1.00 e. The largest absolute Gasteiger partial charge is 1.00 e. The first-order valence-electron chi connectivity index (χ1n) is 9.38. The quantitative estimate of drug-likeness (QED) is 0.421. The van der Waals surface area contributed by atoms with Crippen molar-refractivity contribution in [1.29, 1.82) is 0 Å². The molecule has 0 bridgehead atoms. The minimum atomic E-state index is -0.0801. The van der Waals surface area contributed by atoms with E-state index in [1.807, 2.05) is 12.1 Å². The predicted molar refractivity (Wildman–Crippen MR) is 94.8 cm³/mol. The Labute approximate surface area is 160 Å². The molecule has 1 heterocycles. The van der Waals surface area contributed by atoms with E-state index >= 15 is 0 Å². The van der Waals surface area contributed by atoms with Gasteiger partial charge in [0.15, 0.2) is 0 Å². The highest BCUT2D eigenvalue weighted by atomic mass is 35.5. The van der Waals surface area contributed by atoms with Crippen molar-refractivity contribution in [2.24, 2.45) is 0 Å². The maximum atomic E-state index is 13.0. The first kappa shape index (κ1) is 20.3. The molecule has 0 saturated carbocycles. The third kappa shape index (κ3) is 3.73. The minimum absolute atomic E-state index is 0. The second kappa shape index (κ2) is 9.08. The van der Waals surface area contributed by atoms with E-state index in [0.717, 1.165) is 38.5 Å². The van der Waals surface area contributed by atoms with Gasteiger partial charge in [0.2, 0.25) is 23.0 Å². The molecule has 0 fully saturated rings. The van der Waals surface area contributed by atoms with Gasteiger partial charge in [0.05, 0.1) is 5.21 Å². The van der Waals surface area contributed by atoms with Crippen LogP contribution in [0.1, 0.15) is 84.5 Å². The van der Waals surface area contributed by atoms with Crippen LogP contribution in [0.25, 0.3) is 0 Å². The second-order valence-corrected chi connectivity index (χ2v) is 6.65. The maximum Gasteiger partial charge on any atom is 0.249 e. The van der Waals surface area contributed by atoms with E-state index < -0.39 is 0 Å². The zero-order chi connectivity index (χ0) is 17.8. The van der Waals surface area contributed by atoms with Crippen molar-refractivity contribution in [1.82, 2.24) is 9.90 Å². The van der Waals surface area contributed by atoms with Gasteiger partial charge in [-0.3, -0.25) is 9.59 Å². The Bertz CT molecular complexity index is 735. The van der Waals surface area contributed by atoms with Crippen LogP contribution in [0, 0.1) is 0 Å². The first-order chi connectivity index (χ1) is 12.2. The van der Waals surface area contributed by atoms with Crippen LogP contribution in [0.3, 0.4) is 0 Å². The molecule has 3 rings (SSSR count). The monoisotopic (exact) mass is 375 g/mol. The standard InChI is InChI=1S/C20H26N3O2.ClH/c1-3-5-9-13-22-17-18(23(21-22)14-10-6-4-2)20(25)16-12-8-7-11-15(16)19(17)24;/h7-8,11-12H,3-6,9-10,13-14H2,1-2H3;1H/q+1;/p-1. The number of benzene rings is 1. The van der Waals surface area contributed by atoms with Crippen molar-refractivity contribution in [3.05, 3.63) is 46.8 Å². The van der Waals surface area contributed by atoms with Crippen LogP contribution < -0.4 is 17.1 Å². The summed E-state index contributed by atoms with van der Waals surface area (Å²) >= 11 is 0. The Hall–Kier alpha value is -2.01. The number of aryl methyl sites for hydroxylation is 2.